The Hall–Kier alpha value is -2.81. The Labute approximate surface area is 135 Å². The predicted octanol–water partition coefficient (Wildman–Crippen LogP) is 4.13. The molecular formula is C20H19NO2. The number of amides is 1. The van der Waals surface area contributed by atoms with Gasteiger partial charge in [-0.15, -0.1) is 0 Å². The number of fused-ring (bicyclic) bond motifs is 1. The van der Waals surface area contributed by atoms with Gasteiger partial charge in [-0.3, -0.25) is 4.79 Å². The molecule has 3 aromatic rings. The van der Waals surface area contributed by atoms with E-state index < -0.39 is 0 Å². The number of carbonyl (C=O) groups excluding carboxylic acids is 1. The first kappa shape index (κ1) is 15.1. The Bertz CT molecular complexity index is 865. The Balaban J connectivity index is 1.90. The number of hydrogen-bond donors (Lipinski definition) is 1. The zero-order valence-electron chi connectivity index (χ0n) is 13.3. The molecule has 0 bridgehead atoms. The average molecular weight is 305 g/mol. The first-order chi connectivity index (χ1) is 11.1. The van der Waals surface area contributed by atoms with E-state index in [1.165, 1.54) is 0 Å². The molecule has 3 aromatic carbocycles. The highest BCUT2D eigenvalue weighted by Gasteiger charge is 2.17. The summed E-state index contributed by atoms with van der Waals surface area (Å²) in [5, 5.41) is 12.4. The number of phenols is 1. The topological polar surface area (TPSA) is 40.5 Å². The molecule has 0 spiro atoms. The third-order valence-corrected chi connectivity index (χ3v) is 4.10. The van der Waals surface area contributed by atoms with Crippen LogP contribution < -0.4 is 0 Å². The summed E-state index contributed by atoms with van der Waals surface area (Å²) in [7, 11) is 1.76. The van der Waals surface area contributed by atoms with Gasteiger partial charge in [0.15, 0.2) is 0 Å². The van der Waals surface area contributed by atoms with E-state index in [0.717, 1.165) is 16.3 Å². The molecule has 0 atom stereocenters. The van der Waals surface area contributed by atoms with Crippen LogP contribution in [0.25, 0.3) is 10.8 Å². The molecule has 0 aromatic heterocycles. The van der Waals surface area contributed by atoms with Crippen molar-refractivity contribution in [3.8, 4) is 5.75 Å². The number of carbonyl (C=O) groups is 1. The van der Waals surface area contributed by atoms with Crippen molar-refractivity contribution in [1.29, 1.82) is 0 Å². The lowest BCUT2D eigenvalue weighted by Gasteiger charge is -2.19. The predicted molar refractivity (Wildman–Crippen MR) is 92.6 cm³/mol. The van der Waals surface area contributed by atoms with Crippen LogP contribution in [0.3, 0.4) is 0 Å². The molecule has 0 saturated carbocycles. The monoisotopic (exact) mass is 305 g/mol. The van der Waals surface area contributed by atoms with Crippen molar-refractivity contribution < 1.29 is 9.90 Å². The summed E-state index contributed by atoms with van der Waals surface area (Å²) in [6.07, 6.45) is 0. The molecule has 3 heteroatoms. The summed E-state index contributed by atoms with van der Waals surface area (Å²) >= 11 is 0. The molecule has 0 aliphatic carbocycles. The van der Waals surface area contributed by atoms with Crippen molar-refractivity contribution in [3.63, 3.8) is 0 Å². The van der Waals surface area contributed by atoms with Crippen LogP contribution in [-0.2, 0) is 6.54 Å². The molecule has 3 rings (SSSR count). The smallest absolute Gasteiger partial charge is 0.257 e. The van der Waals surface area contributed by atoms with Gasteiger partial charge in [0.2, 0.25) is 0 Å². The van der Waals surface area contributed by atoms with Crippen LogP contribution in [0.5, 0.6) is 5.75 Å². The molecule has 0 fully saturated rings. The zero-order chi connectivity index (χ0) is 16.4. The van der Waals surface area contributed by atoms with Crippen molar-refractivity contribution in [2.24, 2.45) is 0 Å². The maximum atomic E-state index is 12.6. The molecule has 0 aliphatic heterocycles. The molecular weight excluding hydrogens is 286 g/mol. The van der Waals surface area contributed by atoms with Gasteiger partial charge in [0.1, 0.15) is 5.75 Å². The van der Waals surface area contributed by atoms with E-state index >= 15 is 0 Å². The Kier molecular flexibility index (Phi) is 4.02. The second-order valence-electron chi connectivity index (χ2n) is 5.77. The van der Waals surface area contributed by atoms with Crippen LogP contribution in [0.4, 0.5) is 0 Å². The SMILES string of the molecule is Cc1cccc(C(=O)N(C)Cc2cccc3ccccc23)c1O. The molecule has 3 nitrogen and oxygen atoms in total. The number of hydrogen-bond acceptors (Lipinski definition) is 2. The molecule has 23 heavy (non-hydrogen) atoms. The summed E-state index contributed by atoms with van der Waals surface area (Å²) < 4.78 is 0. The van der Waals surface area contributed by atoms with Gasteiger partial charge in [-0.2, -0.15) is 0 Å². The summed E-state index contributed by atoms with van der Waals surface area (Å²) in [4.78, 5) is 14.3. The maximum Gasteiger partial charge on any atom is 0.257 e. The van der Waals surface area contributed by atoms with E-state index in [2.05, 4.69) is 18.2 Å². The van der Waals surface area contributed by atoms with Gasteiger partial charge in [0, 0.05) is 13.6 Å². The van der Waals surface area contributed by atoms with E-state index in [-0.39, 0.29) is 11.7 Å². The van der Waals surface area contributed by atoms with Crippen molar-refractivity contribution in [2.45, 2.75) is 13.5 Å². The summed E-state index contributed by atoms with van der Waals surface area (Å²) in [5.74, 6) is -0.124. The first-order valence-electron chi connectivity index (χ1n) is 7.58. The molecule has 0 heterocycles. The number of aromatic hydroxyl groups is 1. The fraction of sp³-hybridized carbons (Fsp3) is 0.150. The zero-order valence-corrected chi connectivity index (χ0v) is 13.3. The molecule has 0 radical (unpaired) electrons. The van der Waals surface area contributed by atoms with Gasteiger partial charge in [-0.05, 0) is 34.9 Å². The lowest BCUT2D eigenvalue weighted by atomic mass is 10.0. The van der Waals surface area contributed by atoms with E-state index in [9.17, 15) is 9.90 Å². The minimum Gasteiger partial charge on any atom is -0.507 e. The van der Waals surface area contributed by atoms with Crippen molar-refractivity contribution >= 4 is 16.7 Å². The molecule has 1 N–H and O–H groups in total. The fourth-order valence-electron chi connectivity index (χ4n) is 2.79. The number of benzene rings is 3. The van der Waals surface area contributed by atoms with Crippen LogP contribution in [0, 0.1) is 6.92 Å². The fourth-order valence-corrected chi connectivity index (χ4v) is 2.79. The summed E-state index contributed by atoms with van der Waals surface area (Å²) in [6.45, 7) is 2.28. The minimum atomic E-state index is -0.181. The highest BCUT2D eigenvalue weighted by molar-refractivity contribution is 5.97. The van der Waals surface area contributed by atoms with Crippen LogP contribution in [-0.4, -0.2) is 23.0 Å². The molecule has 116 valence electrons. The van der Waals surface area contributed by atoms with Crippen LogP contribution in [0.1, 0.15) is 21.5 Å². The Morgan fingerprint density at radius 3 is 2.52 bits per heavy atom. The van der Waals surface area contributed by atoms with Crippen LogP contribution >= 0.6 is 0 Å². The standard InChI is InChI=1S/C20H19NO2/c1-14-7-5-12-18(19(14)22)20(23)21(2)13-16-10-6-9-15-8-3-4-11-17(15)16/h3-12,22H,13H2,1-2H3. The largest absolute Gasteiger partial charge is 0.507 e. The normalized spacial score (nSPS) is 10.7. The molecule has 1 amide bonds. The number of phenolic OH excluding ortho intramolecular Hbond substituents is 1. The average Bonchev–Trinajstić information content (AvgIpc) is 2.57. The second-order valence-corrected chi connectivity index (χ2v) is 5.77. The third kappa shape index (κ3) is 2.90. The van der Waals surface area contributed by atoms with Crippen molar-refractivity contribution in [1.82, 2.24) is 4.90 Å². The van der Waals surface area contributed by atoms with Crippen LogP contribution in [0.15, 0.2) is 60.7 Å². The Morgan fingerprint density at radius 1 is 1.00 bits per heavy atom. The van der Waals surface area contributed by atoms with E-state index in [4.69, 9.17) is 0 Å². The van der Waals surface area contributed by atoms with E-state index in [0.29, 0.717) is 17.7 Å². The van der Waals surface area contributed by atoms with Gasteiger partial charge in [0.25, 0.3) is 5.91 Å². The quantitative estimate of drug-likeness (QED) is 0.790. The van der Waals surface area contributed by atoms with Crippen molar-refractivity contribution in [2.75, 3.05) is 7.05 Å². The van der Waals surface area contributed by atoms with Crippen LogP contribution in [0.2, 0.25) is 0 Å². The van der Waals surface area contributed by atoms with Crippen molar-refractivity contribution in [3.05, 3.63) is 77.4 Å². The van der Waals surface area contributed by atoms with Gasteiger partial charge in [-0.1, -0.05) is 54.6 Å². The number of rotatable bonds is 3. The van der Waals surface area contributed by atoms with E-state index in [1.807, 2.05) is 24.3 Å². The van der Waals surface area contributed by atoms with Gasteiger partial charge in [0.05, 0.1) is 5.56 Å². The van der Waals surface area contributed by atoms with Gasteiger partial charge < -0.3 is 10.0 Å². The Morgan fingerprint density at radius 2 is 1.70 bits per heavy atom. The molecule has 0 unspecified atom stereocenters. The number of nitrogens with zero attached hydrogens (tertiary/aromatic N) is 1. The van der Waals surface area contributed by atoms with Gasteiger partial charge in [-0.25, -0.2) is 0 Å². The summed E-state index contributed by atoms with van der Waals surface area (Å²) in [6, 6.07) is 19.5. The highest BCUT2D eigenvalue weighted by atomic mass is 16.3. The maximum absolute atomic E-state index is 12.6. The van der Waals surface area contributed by atoms with Gasteiger partial charge >= 0.3 is 0 Å². The lowest BCUT2D eigenvalue weighted by Crippen LogP contribution is -2.26. The minimum absolute atomic E-state index is 0.0577. The van der Waals surface area contributed by atoms with E-state index in [1.54, 1.807) is 37.1 Å². The first-order valence-corrected chi connectivity index (χ1v) is 7.58. The molecule has 0 saturated heterocycles. The molecule has 0 aliphatic rings. The third-order valence-electron chi connectivity index (χ3n) is 4.10. The number of aryl methyl sites for hydroxylation is 1. The second kappa shape index (κ2) is 6.13. The summed E-state index contributed by atoms with van der Waals surface area (Å²) in [5.41, 5.74) is 2.13. The lowest BCUT2D eigenvalue weighted by molar-refractivity contribution is 0.0782. The number of para-hydroxylation sites is 1. The highest BCUT2D eigenvalue weighted by Crippen LogP contribution is 2.24.